The summed E-state index contributed by atoms with van der Waals surface area (Å²) in [5.74, 6) is 0.180. The largest absolute Gasteiger partial charge is 0.493 e. The predicted octanol–water partition coefficient (Wildman–Crippen LogP) is 3.10. The van der Waals surface area contributed by atoms with E-state index in [0.717, 1.165) is 17.4 Å². The van der Waals surface area contributed by atoms with Crippen molar-refractivity contribution in [3.05, 3.63) is 48.0 Å². The summed E-state index contributed by atoms with van der Waals surface area (Å²) in [5.41, 5.74) is 2.06. The van der Waals surface area contributed by atoms with Crippen molar-refractivity contribution in [1.82, 2.24) is 0 Å². The van der Waals surface area contributed by atoms with E-state index in [1.807, 2.05) is 30.3 Å². The number of methoxy groups -OCH3 is 1. The third-order valence-corrected chi connectivity index (χ3v) is 2.80. The number of benzene rings is 2. The molecule has 0 saturated heterocycles. The normalized spacial score (nSPS) is 9.90. The summed E-state index contributed by atoms with van der Waals surface area (Å²) in [6, 6.07) is 12.7. The Balaban J connectivity index is 2.58. The first kappa shape index (κ1) is 13.8. The summed E-state index contributed by atoms with van der Waals surface area (Å²) < 4.78 is 10.3. The highest BCUT2D eigenvalue weighted by atomic mass is 16.6. The van der Waals surface area contributed by atoms with Crippen LogP contribution in [0.1, 0.15) is 17.3 Å². The standard InChI is InChI=1S/C16H14O4/c1-11(18)20-16-8-13(10-17)14(9-15(16)19-2)12-6-4-3-5-7-12/h3-10H,1-2H3. The molecule has 4 heteroatoms. The van der Waals surface area contributed by atoms with Crippen LogP contribution in [0.25, 0.3) is 11.1 Å². The van der Waals surface area contributed by atoms with E-state index < -0.39 is 5.97 Å². The molecule has 2 aromatic carbocycles. The molecule has 0 unspecified atom stereocenters. The van der Waals surface area contributed by atoms with Gasteiger partial charge in [0.25, 0.3) is 0 Å². The summed E-state index contributed by atoms with van der Waals surface area (Å²) in [5, 5.41) is 0. The molecule has 0 spiro atoms. The number of hydrogen-bond acceptors (Lipinski definition) is 4. The van der Waals surface area contributed by atoms with Crippen LogP contribution in [0, 0.1) is 0 Å². The highest BCUT2D eigenvalue weighted by Crippen LogP contribution is 2.35. The fourth-order valence-corrected chi connectivity index (χ4v) is 1.94. The minimum Gasteiger partial charge on any atom is -0.493 e. The first-order chi connectivity index (χ1) is 9.65. The fourth-order valence-electron chi connectivity index (χ4n) is 1.94. The number of carbonyl (C=O) groups excluding carboxylic acids is 2. The quantitative estimate of drug-likeness (QED) is 0.486. The average Bonchev–Trinajstić information content (AvgIpc) is 2.47. The van der Waals surface area contributed by atoms with Gasteiger partial charge in [-0.1, -0.05) is 30.3 Å². The molecule has 20 heavy (non-hydrogen) atoms. The van der Waals surface area contributed by atoms with Crippen LogP contribution in [0.3, 0.4) is 0 Å². The minimum absolute atomic E-state index is 0.238. The molecule has 0 heterocycles. The molecular formula is C16H14O4. The van der Waals surface area contributed by atoms with Gasteiger partial charge in [0.1, 0.15) is 0 Å². The second-order valence-electron chi connectivity index (χ2n) is 4.17. The van der Waals surface area contributed by atoms with Gasteiger partial charge in [0, 0.05) is 12.5 Å². The Hall–Kier alpha value is -2.62. The summed E-state index contributed by atoms with van der Waals surface area (Å²) in [6.45, 7) is 1.30. The maximum absolute atomic E-state index is 11.3. The van der Waals surface area contributed by atoms with Crippen LogP contribution >= 0.6 is 0 Å². The van der Waals surface area contributed by atoms with Gasteiger partial charge in [-0.25, -0.2) is 0 Å². The molecule has 0 aliphatic heterocycles. The maximum Gasteiger partial charge on any atom is 0.308 e. The maximum atomic E-state index is 11.3. The summed E-state index contributed by atoms with van der Waals surface area (Å²) in [4.78, 5) is 22.3. The third-order valence-electron chi connectivity index (χ3n) is 2.80. The second kappa shape index (κ2) is 6.02. The predicted molar refractivity (Wildman–Crippen MR) is 75.1 cm³/mol. The lowest BCUT2D eigenvalue weighted by Crippen LogP contribution is -2.04. The first-order valence-electron chi connectivity index (χ1n) is 6.06. The molecule has 0 N–H and O–H groups in total. The Labute approximate surface area is 116 Å². The van der Waals surface area contributed by atoms with Crippen molar-refractivity contribution in [2.24, 2.45) is 0 Å². The van der Waals surface area contributed by atoms with Crippen LogP contribution in [0.5, 0.6) is 11.5 Å². The Kier molecular flexibility index (Phi) is 4.15. The Bertz CT molecular complexity index is 632. The van der Waals surface area contributed by atoms with E-state index in [-0.39, 0.29) is 5.75 Å². The number of ether oxygens (including phenoxy) is 2. The van der Waals surface area contributed by atoms with Crippen LogP contribution in [0.2, 0.25) is 0 Å². The topological polar surface area (TPSA) is 52.6 Å². The van der Waals surface area contributed by atoms with Gasteiger partial charge in [-0.15, -0.1) is 0 Å². The van der Waals surface area contributed by atoms with Crippen molar-refractivity contribution in [3.8, 4) is 22.6 Å². The highest BCUT2D eigenvalue weighted by molar-refractivity contribution is 5.90. The second-order valence-corrected chi connectivity index (χ2v) is 4.17. The monoisotopic (exact) mass is 270 g/mol. The highest BCUT2D eigenvalue weighted by Gasteiger charge is 2.14. The Morgan fingerprint density at radius 3 is 2.35 bits per heavy atom. The third kappa shape index (κ3) is 2.85. The van der Waals surface area contributed by atoms with E-state index in [4.69, 9.17) is 9.47 Å². The number of aldehydes is 1. The summed E-state index contributed by atoms with van der Waals surface area (Å²) in [7, 11) is 1.48. The van der Waals surface area contributed by atoms with Gasteiger partial charge in [0.05, 0.1) is 7.11 Å². The number of carbonyl (C=O) groups is 2. The Morgan fingerprint density at radius 2 is 1.80 bits per heavy atom. The molecule has 0 bridgehead atoms. The lowest BCUT2D eigenvalue weighted by atomic mass is 9.99. The SMILES string of the molecule is COc1cc(-c2ccccc2)c(C=O)cc1OC(C)=O. The van der Waals surface area contributed by atoms with Crippen molar-refractivity contribution in [3.63, 3.8) is 0 Å². The van der Waals surface area contributed by atoms with Gasteiger partial charge >= 0.3 is 5.97 Å². The van der Waals surface area contributed by atoms with Crippen LogP contribution in [-0.2, 0) is 4.79 Å². The molecule has 0 radical (unpaired) electrons. The van der Waals surface area contributed by atoms with Crippen LogP contribution < -0.4 is 9.47 Å². The van der Waals surface area contributed by atoms with Gasteiger partial charge < -0.3 is 9.47 Å². The number of hydrogen-bond donors (Lipinski definition) is 0. The van der Waals surface area contributed by atoms with E-state index in [0.29, 0.717) is 11.3 Å². The van der Waals surface area contributed by atoms with Crippen LogP contribution in [-0.4, -0.2) is 19.4 Å². The van der Waals surface area contributed by atoms with E-state index in [1.165, 1.54) is 20.1 Å². The van der Waals surface area contributed by atoms with Crippen molar-refractivity contribution in [1.29, 1.82) is 0 Å². The summed E-state index contributed by atoms with van der Waals surface area (Å²) in [6.07, 6.45) is 0.731. The van der Waals surface area contributed by atoms with Crippen LogP contribution in [0.4, 0.5) is 0 Å². The lowest BCUT2D eigenvalue weighted by molar-refractivity contribution is -0.132. The molecule has 2 rings (SSSR count). The molecule has 4 nitrogen and oxygen atoms in total. The number of rotatable bonds is 4. The lowest BCUT2D eigenvalue weighted by Gasteiger charge is -2.12. The first-order valence-corrected chi connectivity index (χ1v) is 6.06. The van der Waals surface area contributed by atoms with E-state index in [9.17, 15) is 9.59 Å². The van der Waals surface area contributed by atoms with Gasteiger partial charge in [0.15, 0.2) is 17.8 Å². The molecule has 0 aromatic heterocycles. The smallest absolute Gasteiger partial charge is 0.308 e. The minimum atomic E-state index is -0.465. The van der Waals surface area contributed by atoms with E-state index >= 15 is 0 Å². The molecule has 0 saturated carbocycles. The van der Waals surface area contributed by atoms with Gasteiger partial charge in [-0.2, -0.15) is 0 Å². The van der Waals surface area contributed by atoms with Gasteiger partial charge in [0.2, 0.25) is 0 Å². The van der Waals surface area contributed by atoms with Gasteiger partial charge in [-0.3, -0.25) is 9.59 Å². The Morgan fingerprint density at radius 1 is 1.10 bits per heavy atom. The molecule has 0 fully saturated rings. The van der Waals surface area contributed by atoms with E-state index in [2.05, 4.69) is 0 Å². The zero-order valence-electron chi connectivity index (χ0n) is 11.3. The van der Waals surface area contributed by atoms with Crippen molar-refractivity contribution in [2.45, 2.75) is 6.92 Å². The van der Waals surface area contributed by atoms with Crippen molar-refractivity contribution in [2.75, 3.05) is 7.11 Å². The molecule has 0 aliphatic rings. The average molecular weight is 270 g/mol. The fraction of sp³-hybridized carbons (Fsp3) is 0.125. The summed E-state index contributed by atoms with van der Waals surface area (Å²) >= 11 is 0. The molecule has 102 valence electrons. The van der Waals surface area contributed by atoms with Crippen LogP contribution in [0.15, 0.2) is 42.5 Å². The van der Waals surface area contributed by atoms with E-state index in [1.54, 1.807) is 6.07 Å². The molecule has 0 aliphatic carbocycles. The molecule has 0 atom stereocenters. The molecule has 2 aromatic rings. The number of esters is 1. The zero-order valence-corrected chi connectivity index (χ0v) is 11.3. The van der Waals surface area contributed by atoms with Crippen molar-refractivity contribution < 1.29 is 19.1 Å². The van der Waals surface area contributed by atoms with Gasteiger partial charge in [-0.05, 0) is 23.3 Å². The molecular weight excluding hydrogens is 256 g/mol. The van der Waals surface area contributed by atoms with Crippen molar-refractivity contribution >= 4 is 12.3 Å². The zero-order chi connectivity index (χ0) is 14.5. The molecule has 0 amide bonds.